The Hall–Kier alpha value is -2.67. The molecule has 108 valence electrons. The van der Waals surface area contributed by atoms with Crippen molar-refractivity contribution >= 4 is 29.1 Å². The van der Waals surface area contributed by atoms with E-state index < -0.39 is 17.5 Å². The highest BCUT2D eigenvalue weighted by atomic mass is 35.5. The van der Waals surface area contributed by atoms with Crippen LogP contribution < -0.4 is 16.7 Å². The van der Waals surface area contributed by atoms with Crippen molar-refractivity contribution in [2.45, 2.75) is 6.54 Å². The van der Waals surface area contributed by atoms with Crippen molar-refractivity contribution in [2.75, 3.05) is 5.32 Å². The highest BCUT2D eigenvalue weighted by Crippen LogP contribution is 2.13. The molecular weight excluding hydrogens is 296 g/mol. The molecule has 3 N–H and O–H groups in total. The van der Waals surface area contributed by atoms with E-state index in [9.17, 15) is 14.4 Å². The number of aromatic nitrogens is 2. The van der Waals surface area contributed by atoms with Crippen LogP contribution in [0.4, 0.5) is 5.69 Å². The predicted molar refractivity (Wildman–Crippen MR) is 77.1 cm³/mol. The first-order valence-corrected chi connectivity index (χ1v) is 6.25. The zero-order valence-corrected chi connectivity index (χ0v) is 11.5. The van der Waals surface area contributed by atoms with Crippen LogP contribution in [0, 0.1) is 0 Å². The quantitative estimate of drug-likeness (QED) is 0.864. The molecule has 0 fully saturated rings. The molecule has 7 nitrogen and oxygen atoms in total. The molecule has 21 heavy (non-hydrogen) atoms. The summed E-state index contributed by atoms with van der Waals surface area (Å²) >= 11 is 5.74. The molecule has 0 spiro atoms. The molecule has 0 unspecified atom stereocenters. The summed E-state index contributed by atoms with van der Waals surface area (Å²) in [6.45, 7) is -0.282. The van der Waals surface area contributed by atoms with E-state index in [1.54, 1.807) is 24.3 Å². The summed E-state index contributed by atoms with van der Waals surface area (Å²) in [5.41, 5.74) is 5.04. The number of amides is 2. The summed E-state index contributed by atoms with van der Waals surface area (Å²) in [5, 5.41) is 3.14. The summed E-state index contributed by atoms with van der Waals surface area (Å²) in [4.78, 5) is 37.9. The molecule has 8 heteroatoms. The van der Waals surface area contributed by atoms with Gasteiger partial charge in [-0.15, -0.1) is 0 Å². The van der Waals surface area contributed by atoms with Crippen molar-refractivity contribution in [3.8, 4) is 0 Å². The molecular formula is C13H11ClN4O3. The lowest BCUT2D eigenvalue weighted by Crippen LogP contribution is -2.30. The molecule has 2 amide bonds. The highest BCUT2D eigenvalue weighted by Gasteiger charge is 2.09. The van der Waals surface area contributed by atoms with E-state index in [2.05, 4.69) is 10.3 Å². The first-order valence-electron chi connectivity index (χ1n) is 5.87. The lowest BCUT2D eigenvalue weighted by atomic mass is 10.3. The van der Waals surface area contributed by atoms with E-state index in [-0.39, 0.29) is 12.1 Å². The Morgan fingerprint density at radius 3 is 2.57 bits per heavy atom. The first-order chi connectivity index (χ1) is 9.95. The number of carbonyl (C=O) groups is 2. The number of carbonyl (C=O) groups excluding carboxylic acids is 2. The van der Waals surface area contributed by atoms with Gasteiger partial charge in [0.2, 0.25) is 5.91 Å². The maximum absolute atomic E-state index is 11.9. The van der Waals surface area contributed by atoms with E-state index in [1.165, 1.54) is 6.20 Å². The molecule has 2 aromatic rings. The fraction of sp³-hybridized carbons (Fsp3) is 0.0769. The Bertz CT molecular complexity index is 740. The molecule has 0 saturated carbocycles. The van der Waals surface area contributed by atoms with Gasteiger partial charge in [0.05, 0.1) is 5.56 Å². The van der Waals surface area contributed by atoms with Crippen molar-refractivity contribution in [3.63, 3.8) is 0 Å². The van der Waals surface area contributed by atoms with Crippen molar-refractivity contribution in [1.29, 1.82) is 0 Å². The molecule has 2 rings (SSSR count). The van der Waals surface area contributed by atoms with Crippen LogP contribution >= 0.6 is 11.6 Å². The average molecular weight is 307 g/mol. The minimum atomic E-state index is -0.727. The van der Waals surface area contributed by atoms with E-state index in [0.717, 1.165) is 10.8 Å². The predicted octanol–water partition coefficient (Wildman–Crippen LogP) is 0.634. The number of hydrogen-bond acceptors (Lipinski definition) is 4. The van der Waals surface area contributed by atoms with Crippen LogP contribution in [-0.4, -0.2) is 21.4 Å². The second kappa shape index (κ2) is 6.19. The van der Waals surface area contributed by atoms with Gasteiger partial charge in [-0.2, -0.15) is 0 Å². The number of anilines is 1. The van der Waals surface area contributed by atoms with E-state index in [1.807, 2.05) is 0 Å². The minimum absolute atomic E-state index is 0.0499. The van der Waals surface area contributed by atoms with Crippen molar-refractivity contribution < 1.29 is 9.59 Å². The van der Waals surface area contributed by atoms with Gasteiger partial charge >= 0.3 is 5.69 Å². The third kappa shape index (κ3) is 3.90. The number of nitrogens with zero attached hydrogens (tertiary/aromatic N) is 2. The fourth-order valence-electron chi connectivity index (χ4n) is 1.58. The van der Waals surface area contributed by atoms with Gasteiger partial charge < -0.3 is 11.1 Å². The van der Waals surface area contributed by atoms with Crippen molar-refractivity contribution in [3.05, 3.63) is 57.7 Å². The van der Waals surface area contributed by atoms with Crippen molar-refractivity contribution in [2.24, 2.45) is 5.73 Å². The maximum Gasteiger partial charge on any atom is 0.348 e. The zero-order chi connectivity index (χ0) is 15.4. The van der Waals surface area contributed by atoms with E-state index in [0.29, 0.717) is 10.7 Å². The lowest BCUT2D eigenvalue weighted by molar-refractivity contribution is -0.116. The Kier molecular flexibility index (Phi) is 4.34. The van der Waals surface area contributed by atoms with Gasteiger partial charge in [0, 0.05) is 23.1 Å². The largest absolute Gasteiger partial charge is 0.366 e. The number of nitrogens with two attached hydrogens (primary N) is 1. The van der Waals surface area contributed by atoms with Crippen LogP contribution in [0.5, 0.6) is 0 Å². The monoisotopic (exact) mass is 306 g/mol. The second-order valence-electron chi connectivity index (χ2n) is 4.17. The van der Waals surface area contributed by atoms with Crippen LogP contribution in [0.2, 0.25) is 5.02 Å². The SMILES string of the molecule is NC(=O)c1cnc(=O)n(CC(=O)Nc2ccc(Cl)cc2)c1. The molecule has 0 aliphatic heterocycles. The summed E-state index contributed by atoms with van der Waals surface area (Å²) < 4.78 is 1.01. The van der Waals surface area contributed by atoms with Gasteiger partial charge in [-0.05, 0) is 24.3 Å². The molecule has 0 aliphatic carbocycles. The number of benzene rings is 1. The van der Waals surface area contributed by atoms with Gasteiger partial charge in [-0.25, -0.2) is 9.78 Å². The van der Waals surface area contributed by atoms with Crippen LogP contribution in [0.1, 0.15) is 10.4 Å². The number of rotatable bonds is 4. The molecule has 1 aromatic heterocycles. The van der Waals surface area contributed by atoms with Gasteiger partial charge in [0.1, 0.15) is 6.54 Å². The number of primary amides is 1. The smallest absolute Gasteiger partial charge is 0.348 e. The van der Waals surface area contributed by atoms with Crippen molar-refractivity contribution in [1.82, 2.24) is 9.55 Å². The number of nitrogens with one attached hydrogen (secondary N) is 1. The summed E-state index contributed by atoms with van der Waals surface area (Å²) in [5.74, 6) is -1.17. The summed E-state index contributed by atoms with van der Waals surface area (Å²) in [6.07, 6.45) is 2.26. The highest BCUT2D eigenvalue weighted by molar-refractivity contribution is 6.30. The molecule has 0 atom stereocenters. The van der Waals surface area contributed by atoms with Crippen LogP contribution in [0.15, 0.2) is 41.5 Å². The molecule has 0 radical (unpaired) electrons. The van der Waals surface area contributed by atoms with Gasteiger partial charge in [-0.3, -0.25) is 14.2 Å². The molecule has 0 aliphatic rings. The fourth-order valence-corrected chi connectivity index (χ4v) is 1.71. The van der Waals surface area contributed by atoms with Gasteiger partial charge in [0.15, 0.2) is 0 Å². The first kappa shape index (κ1) is 14.7. The summed E-state index contributed by atoms with van der Waals surface area (Å²) in [6, 6.07) is 6.50. The normalized spacial score (nSPS) is 10.1. The minimum Gasteiger partial charge on any atom is -0.366 e. The van der Waals surface area contributed by atoms with Crippen LogP contribution in [-0.2, 0) is 11.3 Å². The molecule has 1 heterocycles. The number of halogens is 1. The standard InChI is InChI=1S/C13H11ClN4O3/c14-9-1-3-10(4-2-9)17-11(19)7-18-6-8(12(15)20)5-16-13(18)21/h1-6H,7H2,(H2,15,20)(H,17,19). The topological polar surface area (TPSA) is 107 Å². The van der Waals surface area contributed by atoms with Crippen LogP contribution in [0.3, 0.4) is 0 Å². The van der Waals surface area contributed by atoms with Crippen LogP contribution in [0.25, 0.3) is 0 Å². The maximum atomic E-state index is 11.9. The Morgan fingerprint density at radius 2 is 1.95 bits per heavy atom. The molecule has 0 saturated heterocycles. The number of hydrogen-bond donors (Lipinski definition) is 2. The molecule has 1 aromatic carbocycles. The van der Waals surface area contributed by atoms with Gasteiger partial charge in [0.25, 0.3) is 5.91 Å². The molecule has 0 bridgehead atoms. The Labute approximate surface area is 124 Å². The van der Waals surface area contributed by atoms with Gasteiger partial charge in [-0.1, -0.05) is 11.6 Å². The van der Waals surface area contributed by atoms with E-state index >= 15 is 0 Å². The average Bonchev–Trinajstić information content (AvgIpc) is 2.43. The third-order valence-electron chi connectivity index (χ3n) is 2.58. The Morgan fingerprint density at radius 1 is 1.29 bits per heavy atom. The lowest BCUT2D eigenvalue weighted by Gasteiger charge is -2.07. The second-order valence-corrected chi connectivity index (χ2v) is 4.61. The zero-order valence-electron chi connectivity index (χ0n) is 10.7. The third-order valence-corrected chi connectivity index (χ3v) is 2.83. The van der Waals surface area contributed by atoms with E-state index in [4.69, 9.17) is 17.3 Å². The summed E-state index contributed by atoms with van der Waals surface area (Å²) in [7, 11) is 0. The Balaban J connectivity index is 2.12.